The molecule has 0 aliphatic heterocycles. The molecule has 23 heavy (non-hydrogen) atoms. The molecule has 0 heterocycles. The smallest absolute Gasteiger partial charge is 0.339 e. The first-order chi connectivity index (χ1) is 11.1. The normalized spacial score (nSPS) is 11.3. The zero-order chi connectivity index (χ0) is 17.1. The summed E-state index contributed by atoms with van der Waals surface area (Å²) in [6, 6.07) is 6.13. The first-order valence-electron chi connectivity index (χ1n) is 7.01. The molecule has 1 aromatic carbocycles. The first kappa shape index (κ1) is 18.6. The van der Waals surface area contributed by atoms with Crippen LogP contribution in [0.5, 0.6) is 0 Å². The number of hydrogen-bond acceptors (Lipinski definition) is 6. The van der Waals surface area contributed by atoms with Crippen molar-refractivity contribution < 1.29 is 28.9 Å². The molecule has 124 valence electrons. The lowest BCUT2D eigenvalue weighted by molar-refractivity contribution is -0.00575. The second kappa shape index (κ2) is 10.3. The molecule has 0 fully saturated rings. The monoisotopic (exact) mass is 320 g/mol. The maximum Gasteiger partial charge on any atom is 0.339 e. The van der Waals surface area contributed by atoms with Crippen molar-refractivity contribution in [3.8, 4) is 0 Å². The summed E-state index contributed by atoms with van der Waals surface area (Å²) in [5.74, 6) is -1.37. The summed E-state index contributed by atoms with van der Waals surface area (Å²) >= 11 is 0. The van der Waals surface area contributed by atoms with Crippen LogP contribution in [0.2, 0.25) is 0 Å². The van der Waals surface area contributed by atoms with E-state index in [9.17, 15) is 14.7 Å². The molecule has 0 amide bonds. The molecule has 1 N–H and O–H groups in total. The number of aliphatic hydroxyl groups is 1. The lowest BCUT2D eigenvalue weighted by Crippen LogP contribution is -2.24. The first-order valence-corrected chi connectivity index (χ1v) is 7.01. The minimum atomic E-state index is -0.959. The summed E-state index contributed by atoms with van der Waals surface area (Å²) in [5.41, 5.74) is 0.164. The maximum absolute atomic E-state index is 12.1. The van der Waals surface area contributed by atoms with Gasteiger partial charge in [0.1, 0.15) is 19.3 Å². The van der Waals surface area contributed by atoms with Gasteiger partial charge in [-0.1, -0.05) is 30.9 Å². The molecule has 1 aromatic rings. The number of aliphatic hydroxyl groups excluding tert-OH is 1. The lowest BCUT2D eigenvalue weighted by atomic mass is 10.1. The Morgan fingerprint density at radius 2 is 1.57 bits per heavy atom. The molecule has 1 rings (SSSR count). The lowest BCUT2D eigenvalue weighted by Gasteiger charge is -2.12. The van der Waals surface area contributed by atoms with Crippen molar-refractivity contribution in [2.75, 3.05) is 26.4 Å². The number of rotatable bonds is 10. The molecule has 0 aliphatic carbocycles. The van der Waals surface area contributed by atoms with Gasteiger partial charge in [-0.15, -0.1) is 6.58 Å². The highest BCUT2D eigenvalue weighted by molar-refractivity contribution is 6.03. The van der Waals surface area contributed by atoms with Crippen LogP contribution < -0.4 is 0 Å². The van der Waals surface area contributed by atoms with E-state index >= 15 is 0 Å². The molecule has 0 spiro atoms. The number of carbonyl (C=O) groups excluding carboxylic acids is 2. The van der Waals surface area contributed by atoms with Gasteiger partial charge in [0.2, 0.25) is 0 Å². The topological polar surface area (TPSA) is 82.1 Å². The van der Waals surface area contributed by atoms with Crippen LogP contribution in [0.15, 0.2) is 49.6 Å². The average Bonchev–Trinajstić information content (AvgIpc) is 2.57. The molecule has 0 bridgehead atoms. The minimum Gasteiger partial charge on any atom is -0.459 e. The number of esters is 2. The van der Waals surface area contributed by atoms with E-state index in [1.807, 2.05) is 0 Å². The van der Waals surface area contributed by atoms with Gasteiger partial charge in [-0.2, -0.15) is 0 Å². The number of carbonyl (C=O) groups is 2. The fourth-order valence-corrected chi connectivity index (χ4v) is 1.64. The van der Waals surface area contributed by atoms with Crippen LogP contribution in [-0.4, -0.2) is 49.6 Å². The summed E-state index contributed by atoms with van der Waals surface area (Å²) in [6.45, 7) is 7.04. The third kappa shape index (κ3) is 6.46. The number of benzene rings is 1. The van der Waals surface area contributed by atoms with Crippen LogP contribution in [0, 0.1) is 0 Å². The van der Waals surface area contributed by atoms with Crippen LogP contribution in [0.1, 0.15) is 20.7 Å². The maximum atomic E-state index is 12.1. The predicted octanol–water partition coefficient (Wildman–Crippen LogP) is 1.75. The standard InChI is InChI=1S/C17H20O6/c1-3-9-21-11-13(18)12-23-17(20)15-8-6-5-7-14(15)16(19)22-10-4-2/h3-8,13,18H,1-2,9-12H2. The fourth-order valence-electron chi connectivity index (χ4n) is 1.64. The van der Waals surface area contributed by atoms with Crippen LogP contribution >= 0.6 is 0 Å². The van der Waals surface area contributed by atoms with Gasteiger partial charge in [0.05, 0.1) is 24.3 Å². The molecule has 6 nitrogen and oxygen atoms in total. The number of ether oxygens (including phenoxy) is 3. The van der Waals surface area contributed by atoms with E-state index in [1.165, 1.54) is 18.2 Å². The Morgan fingerprint density at radius 3 is 2.13 bits per heavy atom. The van der Waals surface area contributed by atoms with Gasteiger partial charge >= 0.3 is 11.9 Å². The van der Waals surface area contributed by atoms with Crippen LogP contribution in [0.4, 0.5) is 0 Å². The van der Waals surface area contributed by atoms with Crippen molar-refractivity contribution in [2.45, 2.75) is 6.10 Å². The second-order valence-corrected chi connectivity index (χ2v) is 4.51. The second-order valence-electron chi connectivity index (χ2n) is 4.51. The highest BCUT2D eigenvalue weighted by atomic mass is 16.6. The van der Waals surface area contributed by atoms with Crippen LogP contribution in [-0.2, 0) is 14.2 Å². The van der Waals surface area contributed by atoms with Gasteiger partial charge in [-0.3, -0.25) is 0 Å². The molecule has 1 atom stereocenters. The Balaban J connectivity index is 2.63. The van der Waals surface area contributed by atoms with Crippen molar-refractivity contribution in [1.29, 1.82) is 0 Å². The Bertz CT molecular complexity index is 552. The molecule has 0 radical (unpaired) electrons. The van der Waals surface area contributed by atoms with E-state index in [0.29, 0.717) is 6.61 Å². The van der Waals surface area contributed by atoms with E-state index < -0.39 is 18.0 Å². The Labute approximate surface area is 135 Å². The van der Waals surface area contributed by atoms with Crippen molar-refractivity contribution in [1.82, 2.24) is 0 Å². The molecule has 0 saturated heterocycles. The van der Waals surface area contributed by atoms with Crippen molar-refractivity contribution in [3.05, 3.63) is 60.7 Å². The highest BCUT2D eigenvalue weighted by Gasteiger charge is 2.19. The predicted molar refractivity (Wildman–Crippen MR) is 84.2 cm³/mol. The SMILES string of the molecule is C=CCOCC(O)COC(=O)c1ccccc1C(=O)OCC=C. The fraction of sp³-hybridized carbons (Fsp3) is 0.294. The van der Waals surface area contributed by atoms with Gasteiger partial charge in [0.15, 0.2) is 0 Å². The zero-order valence-corrected chi connectivity index (χ0v) is 12.8. The van der Waals surface area contributed by atoms with Gasteiger partial charge < -0.3 is 19.3 Å². The molecule has 0 saturated carbocycles. The molecular weight excluding hydrogens is 300 g/mol. The summed E-state index contributed by atoms with van der Waals surface area (Å²) in [4.78, 5) is 23.9. The van der Waals surface area contributed by atoms with Gasteiger partial charge in [0.25, 0.3) is 0 Å². The molecule has 0 aliphatic rings. The van der Waals surface area contributed by atoms with Crippen LogP contribution in [0.25, 0.3) is 0 Å². The van der Waals surface area contributed by atoms with Crippen molar-refractivity contribution in [3.63, 3.8) is 0 Å². The van der Waals surface area contributed by atoms with Crippen molar-refractivity contribution >= 4 is 11.9 Å². The largest absolute Gasteiger partial charge is 0.459 e. The Hall–Kier alpha value is -2.44. The van der Waals surface area contributed by atoms with E-state index in [1.54, 1.807) is 18.2 Å². The molecule has 0 aromatic heterocycles. The quantitative estimate of drug-likeness (QED) is 0.402. The van der Waals surface area contributed by atoms with Gasteiger partial charge in [0, 0.05) is 0 Å². The van der Waals surface area contributed by atoms with E-state index in [0.717, 1.165) is 0 Å². The molecule has 1 unspecified atom stereocenters. The molecular formula is C17H20O6. The van der Waals surface area contributed by atoms with E-state index in [-0.39, 0.29) is 30.9 Å². The Kier molecular flexibility index (Phi) is 8.34. The van der Waals surface area contributed by atoms with Gasteiger partial charge in [-0.05, 0) is 12.1 Å². The number of hydrogen-bond donors (Lipinski definition) is 1. The third-order valence-electron chi connectivity index (χ3n) is 2.65. The third-order valence-corrected chi connectivity index (χ3v) is 2.65. The van der Waals surface area contributed by atoms with E-state index in [2.05, 4.69) is 13.2 Å². The van der Waals surface area contributed by atoms with Gasteiger partial charge in [-0.25, -0.2) is 9.59 Å². The zero-order valence-electron chi connectivity index (χ0n) is 12.8. The molecule has 6 heteroatoms. The van der Waals surface area contributed by atoms with Crippen molar-refractivity contribution in [2.24, 2.45) is 0 Å². The van der Waals surface area contributed by atoms with Crippen LogP contribution in [0.3, 0.4) is 0 Å². The van der Waals surface area contributed by atoms with E-state index in [4.69, 9.17) is 14.2 Å². The summed E-state index contributed by atoms with van der Waals surface area (Å²) in [7, 11) is 0. The summed E-state index contributed by atoms with van der Waals surface area (Å²) in [6.07, 6.45) is 2.02. The highest BCUT2D eigenvalue weighted by Crippen LogP contribution is 2.12. The Morgan fingerprint density at radius 1 is 1.00 bits per heavy atom. The average molecular weight is 320 g/mol. The minimum absolute atomic E-state index is 0.0162. The summed E-state index contributed by atoms with van der Waals surface area (Å²) in [5, 5.41) is 9.63. The summed E-state index contributed by atoms with van der Waals surface area (Å²) < 4.78 is 15.0.